The fourth-order valence-electron chi connectivity index (χ4n) is 8.75. The SMILES string of the molecule is Cn1cc2cc(/N=c3\[nH]c(=O)n(Cc4cn(C5CCCCC(Nc6cccc7c6C(O)N(C6CCC(=O)NC6=O)C7=O)CC5)nn4)c(=O)n3Cc3cc(F)c(F)cc3F)c(Cl)cc2n1. The maximum Gasteiger partial charge on any atom is 0.335 e. The van der Waals surface area contributed by atoms with E-state index >= 15 is 0 Å². The predicted molar refractivity (Wildman–Crippen MR) is 223 cm³/mol. The first-order valence-electron chi connectivity index (χ1n) is 20.6. The van der Waals surface area contributed by atoms with Crippen molar-refractivity contribution in [2.75, 3.05) is 5.32 Å². The normalized spacial score (nSPS) is 20.7. The van der Waals surface area contributed by atoms with Crippen LogP contribution in [0.3, 0.4) is 0 Å². The largest absolute Gasteiger partial charge is 0.382 e. The molecule has 1 aliphatic carbocycles. The third-order valence-corrected chi connectivity index (χ3v) is 12.3. The second-order valence-electron chi connectivity index (χ2n) is 16.2. The van der Waals surface area contributed by atoms with Crippen LogP contribution in [0.5, 0.6) is 0 Å². The summed E-state index contributed by atoms with van der Waals surface area (Å²) >= 11 is 6.51. The number of nitrogens with zero attached hydrogens (tertiary/aromatic N) is 9. The van der Waals surface area contributed by atoms with Crippen molar-refractivity contribution >= 4 is 51.6 Å². The summed E-state index contributed by atoms with van der Waals surface area (Å²) in [4.78, 5) is 73.8. The highest BCUT2D eigenvalue weighted by Crippen LogP contribution is 2.40. The Kier molecular flexibility index (Phi) is 11.3. The Hall–Kier alpha value is -6.87. The number of carbonyl (C=O) groups is 3. The molecule has 9 rings (SSSR count). The van der Waals surface area contributed by atoms with Crippen LogP contribution in [0, 0.1) is 17.5 Å². The van der Waals surface area contributed by atoms with Gasteiger partial charge in [0.1, 0.15) is 17.6 Å². The minimum absolute atomic E-state index is 0.0532. The molecule has 0 radical (unpaired) electrons. The van der Waals surface area contributed by atoms with Gasteiger partial charge in [-0.1, -0.05) is 35.7 Å². The molecule has 3 aromatic carbocycles. The number of aryl methyl sites for hydroxylation is 1. The molecular weight excluding hydrogens is 861 g/mol. The van der Waals surface area contributed by atoms with E-state index in [1.165, 1.54) is 0 Å². The average Bonchev–Trinajstić information content (AvgIpc) is 3.93. The number of anilines is 1. The van der Waals surface area contributed by atoms with Crippen molar-refractivity contribution in [3.63, 3.8) is 0 Å². The first kappa shape index (κ1) is 42.4. The highest BCUT2D eigenvalue weighted by Gasteiger charge is 2.45. The summed E-state index contributed by atoms with van der Waals surface area (Å²) in [5.74, 6) is -5.42. The van der Waals surface area contributed by atoms with Crippen LogP contribution in [0.15, 0.2) is 69.4 Å². The van der Waals surface area contributed by atoms with Gasteiger partial charge >= 0.3 is 11.4 Å². The number of amides is 3. The summed E-state index contributed by atoms with van der Waals surface area (Å²) in [6, 6.07) is 8.04. The maximum absolute atomic E-state index is 15.0. The molecular formula is C42H40ClF3N12O6. The summed E-state index contributed by atoms with van der Waals surface area (Å²) in [5.41, 5.74) is -0.403. The van der Waals surface area contributed by atoms with E-state index in [-0.39, 0.29) is 64.6 Å². The quantitative estimate of drug-likeness (QED) is 0.121. The number of aromatic amines is 1. The number of halogens is 4. The molecule has 3 aliphatic rings. The molecule has 5 heterocycles. The van der Waals surface area contributed by atoms with E-state index in [4.69, 9.17) is 11.6 Å². The van der Waals surface area contributed by atoms with Crippen molar-refractivity contribution in [2.24, 2.45) is 12.0 Å². The number of aliphatic hydroxyl groups is 1. The number of aromatic nitrogens is 8. The van der Waals surface area contributed by atoms with Crippen molar-refractivity contribution in [3.05, 3.63) is 126 Å². The van der Waals surface area contributed by atoms with Crippen LogP contribution >= 0.6 is 11.6 Å². The van der Waals surface area contributed by atoms with E-state index in [9.17, 15) is 42.3 Å². The van der Waals surface area contributed by atoms with Crippen LogP contribution in [-0.4, -0.2) is 78.7 Å². The monoisotopic (exact) mass is 900 g/mol. The first-order valence-corrected chi connectivity index (χ1v) is 21.0. The van der Waals surface area contributed by atoms with Gasteiger partial charge in [0.05, 0.1) is 41.6 Å². The molecule has 1 saturated heterocycles. The fourth-order valence-corrected chi connectivity index (χ4v) is 8.95. The van der Waals surface area contributed by atoms with Crippen molar-refractivity contribution < 1.29 is 32.7 Å². The number of nitrogens with one attached hydrogen (secondary N) is 3. The molecule has 22 heteroatoms. The molecule has 4 N–H and O–H groups in total. The number of benzene rings is 3. The summed E-state index contributed by atoms with van der Waals surface area (Å²) in [5, 5.41) is 30.9. The third kappa shape index (κ3) is 8.11. The van der Waals surface area contributed by atoms with Gasteiger partial charge in [-0.2, -0.15) is 5.10 Å². The zero-order chi connectivity index (χ0) is 45.0. The summed E-state index contributed by atoms with van der Waals surface area (Å²) < 4.78 is 48.2. The lowest BCUT2D eigenvalue weighted by molar-refractivity contribution is -0.139. The third-order valence-electron chi connectivity index (χ3n) is 12.0. The zero-order valence-electron chi connectivity index (χ0n) is 34.1. The highest BCUT2D eigenvalue weighted by molar-refractivity contribution is 6.33. The van der Waals surface area contributed by atoms with E-state index in [1.54, 1.807) is 59.1 Å². The number of imide groups is 1. The van der Waals surface area contributed by atoms with Crippen LogP contribution in [0.25, 0.3) is 10.9 Å². The number of hydrogen-bond donors (Lipinski definition) is 4. The van der Waals surface area contributed by atoms with Gasteiger partial charge in [0.25, 0.3) is 5.91 Å². The molecule has 2 fully saturated rings. The van der Waals surface area contributed by atoms with Crippen molar-refractivity contribution in [2.45, 2.75) is 88.8 Å². The molecule has 6 aromatic rings. The Morgan fingerprint density at radius 1 is 0.922 bits per heavy atom. The second kappa shape index (κ2) is 17.0. The zero-order valence-corrected chi connectivity index (χ0v) is 34.9. The average molecular weight is 901 g/mol. The Balaban J connectivity index is 0.952. The molecule has 3 aromatic heterocycles. The molecule has 18 nitrogen and oxygen atoms in total. The van der Waals surface area contributed by atoms with Gasteiger partial charge in [-0.05, 0) is 62.4 Å². The Bertz CT molecular complexity index is 3070. The molecule has 0 spiro atoms. The van der Waals surface area contributed by atoms with Crippen LogP contribution < -0.4 is 27.6 Å². The van der Waals surface area contributed by atoms with Crippen LogP contribution in [0.2, 0.25) is 5.02 Å². The highest BCUT2D eigenvalue weighted by atomic mass is 35.5. The van der Waals surface area contributed by atoms with E-state index in [1.807, 2.05) is 0 Å². The maximum atomic E-state index is 15.0. The van der Waals surface area contributed by atoms with Gasteiger partial charge in [-0.25, -0.2) is 37.0 Å². The molecule has 0 bridgehead atoms. The van der Waals surface area contributed by atoms with Gasteiger partial charge in [0.2, 0.25) is 17.4 Å². The fraction of sp³-hybridized carbons (Fsp3) is 0.357. The van der Waals surface area contributed by atoms with E-state index in [2.05, 4.69) is 36.0 Å². The number of rotatable bonds is 9. The van der Waals surface area contributed by atoms with Crippen molar-refractivity contribution in [1.82, 2.24) is 49.1 Å². The minimum Gasteiger partial charge on any atom is -0.382 e. The topological polar surface area (TPSA) is 219 Å². The lowest BCUT2D eigenvalue weighted by atomic mass is 9.93. The van der Waals surface area contributed by atoms with E-state index < -0.39 is 65.4 Å². The number of hydrogen-bond acceptors (Lipinski definition) is 11. The van der Waals surface area contributed by atoms with Gasteiger partial charge in [-0.15, -0.1) is 5.10 Å². The first-order chi connectivity index (χ1) is 30.7. The van der Waals surface area contributed by atoms with E-state index in [0.29, 0.717) is 47.1 Å². The summed E-state index contributed by atoms with van der Waals surface area (Å²) in [6.45, 7) is -1.00. The van der Waals surface area contributed by atoms with Gasteiger partial charge in [-0.3, -0.25) is 38.8 Å². The number of aliphatic hydroxyl groups excluding tert-OH is 1. The van der Waals surface area contributed by atoms with E-state index in [0.717, 1.165) is 39.7 Å². The molecule has 332 valence electrons. The number of piperidine rings is 1. The number of carbonyl (C=O) groups excluding carboxylic acids is 3. The van der Waals surface area contributed by atoms with Gasteiger partial charge in [0, 0.05) is 59.5 Å². The molecule has 4 atom stereocenters. The number of H-pyrrole nitrogens is 1. The Labute approximate surface area is 365 Å². The van der Waals surface area contributed by atoms with Gasteiger partial charge in [0.15, 0.2) is 17.9 Å². The minimum atomic E-state index is -1.41. The molecule has 1 saturated carbocycles. The standard InChI is InChI=1S/C42H40ClF3N12O6/c1-54-17-22-14-33(27(43)15-32(22)52-54)48-40-50-41(63)56(42(64)55(40)18-21-13-29(45)30(46)16-28(21)44)19-24-20-57(53-51-24)25-6-3-2-5-23(9-10-25)47-31-8-4-7-26-36(31)39(62)58(38(26)61)34-11-12-35(59)49-37(34)60/h4,7-8,13-17,20,23,25,34,39,47,62H,2-3,5-6,9-12,18-19H2,1H3,(H,48,50,63)(H,49,59,60). The van der Waals surface area contributed by atoms with Crippen LogP contribution in [-0.2, 0) is 29.7 Å². The van der Waals surface area contributed by atoms with Crippen molar-refractivity contribution in [3.8, 4) is 0 Å². The van der Waals surface area contributed by atoms with Crippen LogP contribution in [0.4, 0.5) is 24.5 Å². The summed E-state index contributed by atoms with van der Waals surface area (Å²) in [6.07, 6.45) is 6.65. The predicted octanol–water partition coefficient (Wildman–Crippen LogP) is 3.84. The smallest absolute Gasteiger partial charge is 0.335 e. The molecule has 4 unspecified atom stereocenters. The second-order valence-corrected chi connectivity index (χ2v) is 16.6. The van der Waals surface area contributed by atoms with Gasteiger partial charge < -0.3 is 10.4 Å². The van der Waals surface area contributed by atoms with Crippen molar-refractivity contribution in [1.29, 1.82) is 0 Å². The van der Waals surface area contributed by atoms with Crippen LogP contribution in [0.1, 0.15) is 90.8 Å². The molecule has 3 amide bonds. The lowest BCUT2D eigenvalue weighted by Gasteiger charge is -2.32. The molecule has 64 heavy (non-hydrogen) atoms. The Morgan fingerprint density at radius 2 is 1.72 bits per heavy atom. The Morgan fingerprint density at radius 3 is 2.53 bits per heavy atom. The lowest BCUT2D eigenvalue weighted by Crippen LogP contribution is -2.53. The number of fused-ring (bicyclic) bond motifs is 2. The summed E-state index contributed by atoms with van der Waals surface area (Å²) in [7, 11) is 1.72. The molecule has 2 aliphatic heterocycles.